The maximum atomic E-state index is 9.91. The molecule has 3 aromatic carbocycles. The van der Waals surface area contributed by atoms with E-state index in [4.69, 9.17) is 0 Å². The van der Waals surface area contributed by atoms with E-state index in [9.17, 15) is 10.2 Å². The Balaban J connectivity index is 0.00000108. The molecule has 17 heavy (non-hydrogen) atoms. The molecule has 0 fully saturated rings. The number of phenols is 2. The van der Waals surface area contributed by atoms with Gasteiger partial charge in [0.1, 0.15) is 0 Å². The number of phenolic OH excluding ortho intramolecular Hbond substituents is 2. The predicted molar refractivity (Wildman–Crippen MR) is 64.8 cm³/mol. The number of fused-ring (bicyclic) bond motifs is 3. The van der Waals surface area contributed by atoms with E-state index in [-0.39, 0.29) is 28.6 Å². The Labute approximate surface area is 109 Å². The first-order valence-corrected chi connectivity index (χ1v) is 5.10. The molecule has 85 valence electrons. The van der Waals surface area contributed by atoms with Gasteiger partial charge in [0.2, 0.25) is 0 Å². The molecule has 0 aliphatic heterocycles. The first-order valence-electron chi connectivity index (χ1n) is 5.10. The molecule has 0 aliphatic rings. The molecule has 0 spiro atoms. The minimum atomic E-state index is -0.0469. The third-order valence-electron chi connectivity index (χ3n) is 2.88. The van der Waals surface area contributed by atoms with Crippen molar-refractivity contribution in [3.8, 4) is 11.5 Å². The van der Waals surface area contributed by atoms with Crippen LogP contribution in [-0.2, 0) is 17.1 Å². The molecule has 0 unspecified atom stereocenters. The molecule has 3 rings (SSSR count). The molecule has 0 amide bonds. The fraction of sp³-hybridized carbons (Fsp3) is 0. The number of rotatable bonds is 0. The van der Waals surface area contributed by atoms with Crippen LogP contribution < -0.4 is 0 Å². The van der Waals surface area contributed by atoms with Gasteiger partial charge in [-0.1, -0.05) is 48.5 Å². The van der Waals surface area contributed by atoms with Gasteiger partial charge >= 0.3 is 0 Å². The Morgan fingerprint density at radius 1 is 0.529 bits per heavy atom. The van der Waals surface area contributed by atoms with Gasteiger partial charge in [-0.2, -0.15) is 0 Å². The van der Waals surface area contributed by atoms with Crippen molar-refractivity contribution in [3.63, 3.8) is 0 Å². The van der Waals surface area contributed by atoms with Crippen molar-refractivity contribution in [1.82, 2.24) is 0 Å². The molecule has 3 heteroatoms. The average molecular weight is 265 g/mol. The molecule has 0 atom stereocenters. The van der Waals surface area contributed by atoms with E-state index in [2.05, 4.69) is 0 Å². The van der Waals surface area contributed by atoms with Crippen LogP contribution in [0.2, 0.25) is 0 Å². The molecule has 2 N–H and O–H groups in total. The summed E-state index contributed by atoms with van der Waals surface area (Å²) in [5.41, 5.74) is 0. The molecule has 0 aliphatic carbocycles. The molecule has 0 bridgehead atoms. The van der Waals surface area contributed by atoms with Crippen LogP contribution in [0.3, 0.4) is 0 Å². The maximum Gasteiger partial charge on any atom is 0.166 e. The molecule has 1 radical (unpaired) electrons. The van der Waals surface area contributed by atoms with E-state index < -0.39 is 0 Å². The summed E-state index contributed by atoms with van der Waals surface area (Å²) in [6.07, 6.45) is 0. The van der Waals surface area contributed by atoms with Crippen molar-refractivity contribution in [2.75, 3.05) is 0 Å². The van der Waals surface area contributed by atoms with E-state index >= 15 is 0 Å². The van der Waals surface area contributed by atoms with Gasteiger partial charge in [-0.05, 0) is 10.8 Å². The normalized spacial score (nSPS) is 10.4. The van der Waals surface area contributed by atoms with Crippen molar-refractivity contribution in [2.24, 2.45) is 0 Å². The first kappa shape index (κ1) is 11.8. The third kappa shape index (κ3) is 1.64. The second-order valence-electron chi connectivity index (χ2n) is 3.79. The second kappa shape index (κ2) is 4.28. The van der Waals surface area contributed by atoms with Crippen molar-refractivity contribution < 1.29 is 27.3 Å². The van der Waals surface area contributed by atoms with Gasteiger partial charge in [-0.3, -0.25) is 0 Å². The summed E-state index contributed by atoms with van der Waals surface area (Å²) >= 11 is 0. The number of hydrogen-bond acceptors (Lipinski definition) is 2. The van der Waals surface area contributed by atoms with E-state index in [1.54, 1.807) is 12.1 Å². The maximum absolute atomic E-state index is 9.91. The van der Waals surface area contributed by atoms with Gasteiger partial charge in [0, 0.05) is 27.8 Å². The van der Waals surface area contributed by atoms with Crippen LogP contribution in [0, 0.1) is 0 Å². The average Bonchev–Trinajstić information content (AvgIpc) is 2.36. The largest absolute Gasteiger partial charge is 0.504 e. The smallest absolute Gasteiger partial charge is 0.166 e. The summed E-state index contributed by atoms with van der Waals surface area (Å²) in [6.45, 7) is 0. The van der Waals surface area contributed by atoms with Crippen LogP contribution in [0.15, 0.2) is 48.5 Å². The summed E-state index contributed by atoms with van der Waals surface area (Å²) in [7, 11) is 0. The number of benzene rings is 3. The molecule has 0 saturated carbocycles. The molecule has 2 nitrogen and oxygen atoms in total. The Morgan fingerprint density at radius 2 is 0.824 bits per heavy atom. The van der Waals surface area contributed by atoms with Crippen LogP contribution in [0.1, 0.15) is 0 Å². The number of aromatic hydroxyl groups is 2. The summed E-state index contributed by atoms with van der Waals surface area (Å²) in [4.78, 5) is 0. The van der Waals surface area contributed by atoms with Gasteiger partial charge < -0.3 is 10.2 Å². The molecular formula is C14H10MnO2. The second-order valence-corrected chi connectivity index (χ2v) is 3.79. The van der Waals surface area contributed by atoms with Crippen molar-refractivity contribution >= 4 is 21.5 Å². The Bertz CT molecular complexity index is 631. The summed E-state index contributed by atoms with van der Waals surface area (Å²) in [5.74, 6) is -0.0939. The van der Waals surface area contributed by atoms with Gasteiger partial charge in [0.05, 0.1) is 0 Å². The van der Waals surface area contributed by atoms with Gasteiger partial charge in [-0.15, -0.1) is 0 Å². The summed E-state index contributed by atoms with van der Waals surface area (Å²) < 4.78 is 0. The summed E-state index contributed by atoms with van der Waals surface area (Å²) in [5, 5.41) is 23.1. The third-order valence-corrected chi connectivity index (χ3v) is 2.88. The van der Waals surface area contributed by atoms with E-state index in [0.717, 1.165) is 10.8 Å². The molecule has 0 aromatic heterocycles. The molecule has 0 heterocycles. The SMILES string of the molecule is Oc1c(O)c2ccccc2c2ccccc12.[Mn]. The Hall–Kier alpha value is -1.70. The van der Waals surface area contributed by atoms with Crippen LogP contribution in [0.25, 0.3) is 21.5 Å². The van der Waals surface area contributed by atoms with Gasteiger partial charge in [0.15, 0.2) is 11.5 Å². The fourth-order valence-corrected chi connectivity index (χ4v) is 2.10. The van der Waals surface area contributed by atoms with Crippen LogP contribution in [0.4, 0.5) is 0 Å². The topological polar surface area (TPSA) is 40.5 Å². The minimum absolute atomic E-state index is 0. The van der Waals surface area contributed by atoms with Crippen molar-refractivity contribution in [1.29, 1.82) is 0 Å². The zero-order valence-corrected chi connectivity index (χ0v) is 10.1. The van der Waals surface area contributed by atoms with Crippen molar-refractivity contribution in [2.45, 2.75) is 0 Å². The van der Waals surface area contributed by atoms with E-state index in [0.29, 0.717) is 10.8 Å². The first-order chi connectivity index (χ1) is 7.79. The zero-order valence-electron chi connectivity index (χ0n) is 8.89. The molecule has 0 saturated heterocycles. The summed E-state index contributed by atoms with van der Waals surface area (Å²) in [6, 6.07) is 15.0. The minimum Gasteiger partial charge on any atom is -0.504 e. The molecule has 3 aromatic rings. The quantitative estimate of drug-likeness (QED) is 0.371. The van der Waals surface area contributed by atoms with Gasteiger partial charge in [-0.25, -0.2) is 0 Å². The van der Waals surface area contributed by atoms with Crippen LogP contribution >= 0.6 is 0 Å². The van der Waals surface area contributed by atoms with E-state index in [1.807, 2.05) is 36.4 Å². The predicted octanol–water partition coefficient (Wildman–Crippen LogP) is 3.40. The van der Waals surface area contributed by atoms with Crippen molar-refractivity contribution in [3.05, 3.63) is 48.5 Å². The Morgan fingerprint density at radius 3 is 1.18 bits per heavy atom. The van der Waals surface area contributed by atoms with Crippen LogP contribution in [0.5, 0.6) is 11.5 Å². The molecular weight excluding hydrogens is 255 g/mol. The fourth-order valence-electron chi connectivity index (χ4n) is 2.10. The standard InChI is InChI=1S/C14H10O2.Mn/c15-13-11-7-3-1-5-9(11)10-6-2-4-8-12(10)14(13)16;/h1-8,15-16H;. The Kier molecular flexibility index (Phi) is 2.97. The number of hydrogen-bond donors (Lipinski definition) is 2. The monoisotopic (exact) mass is 265 g/mol. The van der Waals surface area contributed by atoms with E-state index in [1.165, 1.54) is 0 Å². The van der Waals surface area contributed by atoms with Crippen LogP contribution in [-0.4, -0.2) is 10.2 Å². The van der Waals surface area contributed by atoms with Gasteiger partial charge in [0.25, 0.3) is 0 Å². The zero-order chi connectivity index (χ0) is 11.1.